The maximum atomic E-state index is 13.6. The van der Waals surface area contributed by atoms with Gasteiger partial charge in [-0.05, 0) is 55.1 Å². The van der Waals surface area contributed by atoms with Gasteiger partial charge in [0.15, 0.2) is 11.5 Å². The molecule has 0 radical (unpaired) electrons. The predicted molar refractivity (Wildman–Crippen MR) is 110 cm³/mol. The molecule has 4 aromatic rings. The zero-order chi connectivity index (χ0) is 20.1. The third-order valence-corrected chi connectivity index (χ3v) is 6.65. The summed E-state index contributed by atoms with van der Waals surface area (Å²) < 4.78 is 16.2. The molecule has 5 rings (SSSR count). The summed E-state index contributed by atoms with van der Waals surface area (Å²) in [5, 5.41) is 13.5. The van der Waals surface area contributed by atoms with Crippen LogP contribution in [0.2, 0.25) is 0 Å². The monoisotopic (exact) mass is 410 g/mol. The van der Waals surface area contributed by atoms with Crippen molar-refractivity contribution in [3.63, 3.8) is 0 Å². The van der Waals surface area contributed by atoms with E-state index in [4.69, 9.17) is 0 Å². The van der Waals surface area contributed by atoms with Crippen LogP contribution in [0.1, 0.15) is 21.1 Å². The lowest BCUT2D eigenvalue weighted by Crippen LogP contribution is -2.49. The van der Waals surface area contributed by atoms with Crippen molar-refractivity contribution in [2.75, 3.05) is 31.1 Å². The van der Waals surface area contributed by atoms with Gasteiger partial charge in [0.05, 0.1) is 4.88 Å². The number of carbonyl (C=O) groups is 1. The minimum atomic E-state index is -0.279. The van der Waals surface area contributed by atoms with Crippen LogP contribution in [0.3, 0.4) is 0 Å². The largest absolute Gasteiger partial charge is 0.352 e. The van der Waals surface area contributed by atoms with E-state index in [9.17, 15) is 9.18 Å². The molecule has 0 unspecified atom stereocenters. The minimum absolute atomic E-state index is 0.0156. The summed E-state index contributed by atoms with van der Waals surface area (Å²) in [6.45, 7) is 6.38. The fourth-order valence-corrected chi connectivity index (χ4v) is 4.89. The van der Waals surface area contributed by atoms with Gasteiger partial charge in [0.2, 0.25) is 0 Å². The van der Waals surface area contributed by atoms with Crippen LogP contribution in [0.5, 0.6) is 0 Å². The lowest BCUT2D eigenvalue weighted by molar-refractivity contribution is 0.0751. The molecule has 3 aromatic heterocycles. The smallest absolute Gasteiger partial charge is 0.264 e. The molecule has 0 bridgehead atoms. The summed E-state index contributed by atoms with van der Waals surface area (Å²) in [6, 6.07) is 8.52. The summed E-state index contributed by atoms with van der Waals surface area (Å²) in [7, 11) is 0. The molecule has 1 fully saturated rings. The summed E-state index contributed by atoms with van der Waals surface area (Å²) >= 11 is 1.43. The molecular formula is C20H19FN6OS. The van der Waals surface area contributed by atoms with Crippen molar-refractivity contribution in [1.82, 2.24) is 24.7 Å². The average molecular weight is 410 g/mol. The SMILES string of the molecule is Cc1c(C(=O)N2CCN(c3ccc4nnc(C)n4n3)CC2)sc2ccc(F)cc12. The zero-order valence-electron chi connectivity index (χ0n) is 16.1. The number of halogens is 1. The maximum absolute atomic E-state index is 13.6. The van der Waals surface area contributed by atoms with Crippen molar-refractivity contribution in [1.29, 1.82) is 0 Å². The molecule has 1 aromatic carbocycles. The predicted octanol–water partition coefficient (Wildman–Crippen LogP) is 3.06. The van der Waals surface area contributed by atoms with E-state index in [0.717, 1.165) is 32.9 Å². The molecular weight excluding hydrogens is 391 g/mol. The first-order valence-corrected chi connectivity index (χ1v) is 10.2. The average Bonchev–Trinajstić information content (AvgIpc) is 3.27. The fraction of sp³-hybridized carbons (Fsp3) is 0.300. The highest BCUT2D eigenvalue weighted by atomic mass is 32.1. The number of thiophene rings is 1. The number of nitrogens with zero attached hydrogens (tertiary/aromatic N) is 6. The molecule has 4 heterocycles. The highest BCUT2D eigenvalue weighted by molar-refractivity contribution is 7.21. The van der Waals surface area contributed by atoms with Crippen molar-refractivity contribution in [3.8, 4) is 0 Å². The molecule has 1 saturated heterocycles. The number of piperazine rings is 1. The number of aryl methyl sites for hydroxylation is 2. The van der Waals surface area contributed by atoms with Gasteiger partial charge in [0.1, 0.15) is 11.6 Å². The van der Waals surface area contributed by atoms with Crippen LogP contribution in [-0.4, -0.2) is 56.8 Å². The van der Waals surface area contributed by atoms with Crippen molar-refractivity contribution in [2.45, 2.75) is 13.8 Å². The third-order valence-electron chi connectivity index (χ3n) is 5.39. The lowest BCUT2D eigenvalue weighted by atomic mass is 10.1. The molecule has 7 nitrogen and oxygen atoms in total. The van der Waals surface area contributed by atoms with Gasteiger partial charge < -0.3 is 9.80 Å². The number of hydrogen-bond donors (Lipinski definition) is 0. The second-order valence-electron chi connectivity index (χ2n) is 7.18. The molecule has 0 aliphatic carbocycles. The summed E-state index contributed by atoms with van der Waals surface area (Å²) in [5.74, 6) is 1.33. The highest BCUT2D eigenvalue weighted by Crippen LogP contribution is 2.32. The van der Waals surface area contributed by atoms with E-state index in [-0.39, 0.29) is 11.7 Å². The second-order valence-corrected chi connectivity index (χ2v) is 8.24. The number of benzene rings is 1. The third kappa shape index (κ3) is 3.02. The first kappa shape index (κ1) is 18.0. The standard InChI is InChI=1S/C20H19FN6OS/c1-12-15-11-14(21)3-4-16(15)29-19(12)20(28)26-9-7-25(8-10-26)18-6-5-17-23-22-13(2)27(17)24-18/h3-6,11H,7-10H2,1-2H3. The molecule has 29 heavy (non-hydrogen) atoms. The quantitative estimate of drug-likeness (QED) is 0.508. The first-order valence-electron chi connectivity index (χ1n) is 9.43. The summed E-state index contributed by atoms with van der Waals surface area (Å²) in [6.07, 6.45) is 0. The van der Waals surface area contributed by atoms with Gasteiger partial charge >= 0.3 is 0 Å². The minimum Gasteiger partial charge on any atom is -0.352 e. The van der Waals surface area contributed by atoms with Gasteiger partial charge in [-0.15, -0.1) is 26.6 Å². The number of hydrogen-bond acceptors (Lipinski definition) is 6. The van der Waals surface area contributed by atoms with Crippen LogP contribution in [-0.2, 0) is 0 Å². The molecule has 0 N–H and O–H groups in total. The second kappa shape index (κ2) is 6.77. The Bertz CT molecular complexity index is 1240. The number of anilines is 1. The Morgan fingerprint density at radius 3 is 2.66 bits per heavy atom. The van der Waals surface area contributed by atoms with Crippen LogP contribution in [0.4, 0.5) is 10.2 Å². The molecule has 9 heteroatoms. The molecule has 0 spiro atoms. The van der Waals surface area contributed by atoms with E-state index in [2.05, 4.69) is 20.2 Å². The topological polar surface area (TPSA) is 66.6 Å². The van der Waals surface area contributed by atoms with Gasteiger partial charge in [0, 0.05) is 30.9 Å². The Balaban J connectivity index is 1.34. The van der Waals surface area contributed by atoms with Crippen LogP contribution >= 0.6 is 11.3 Å². The number of carbonyl (C=O) groups excluding carboxylic acids is 1. The molecule has 1 aliphatic heterocycles. The van der Waals surface area contributed by atoms with Gasteiger partial charge in [0.25, 0.3) is 5.91 Å². The normalized spacial score (nSPS) is 14.9. The van der Waals surface area contributed by atoms with E-state index in [1.54, 1.807) is 10.6 Å². The van der Waals surface area contributed by atoms with Gasteiger partial charge in [-0.3, -0.25) is 4.79 Å². The van der Waals surface area contributed by atoms with E-state index in [1.165, 1.54) is 23.5 Å². The highest BCUT2D eigenvalue weighted by Gasteiger charge is 2.26. The van der Waals surface area contributed by atoms with Crippen molar-refractivity contribution >= 4 is 38.8 Å². The van der Waals surface area contributed by atoms with E-state index < -0.39 is 0 Å². The van der Waals surface area contributed by atoms with Crippen molar-refractivity contribution < 1.29 is 9.18 Å². The number of fused-ring (bicyclic) bond motifs is 2. The van der Waals surface area contributed by atoms with Crippen LogP contribution in [0, 0.1) is 19.7 Å². The summed E-state index contributed by atoms with van der Waals surface area (Å²) in [5.41, 5.74) is 1.57. The van der Waals surface area contributed by atoms with Crippen LogP contribution in [0.15, 0.2) is 30.3 Å². The Kier molecular flexibility index (Phi) is 4.20. The van der Waals surface area contributed by atoms with Gasteiger partial charge in [-0.1, -0.05) is 0 Å². The zero-order valence-corrected chi connectivity index (χ0v) is 16.9. The molecule has 148 valence electrons. The van der Waals surface area contributed by atoms with Crippen LogP contribution < -0.4 is 4.90 Å². The molecule has 0 saturated carbocycles. The first-order chi connectivity index (χ1) is 14.0. The molecule has 1 amide bonds. The number of aromatic nitrogens is 4. The Morgan fingerprint density at radius 2 is 1.86 bits per heavy atom. The Labute approximate surface area is 170 Å². The Hall–Kier alpha value is -3.07. The molecule has 1 aliphatic rings. The van der Waals surface area contributed by atoms with E-state index in [1.807, 2.05) is 30.9 Å². The van der Waals surface area contributed by atoms with Crippen molar-refractivity contribution in [2.24, 2.45) is 0 Å². The Morgan fingerprint density at radius 1 is 1.07 bits per heavy atom. The van der Waals surface area contributed by atoms with E-state index in [0.29, 0.717) is 31.1 Å². The van der Waals surface area contributed by atoms with Crippen molar-refractivity contribution in [3.05, 3.63) is 52.4 Å². The van der Waals surface area contributed by atoms with E-state index >= 15 is 0 Å². The van der Waals surface area contributed by atoms with Gasteiger partial charge in [-0.2, -0.15) is 4.52 Å². The summed E-state index contributed by atoms with van der Waals surface area (Å²) in [4.78, 5) is 17.8. The number of amides is 1. The van der Waals surface area contributed by atoms with Gasteiger partial charge in [-0.25, -0.2) is 4.39 Å². The molecule has 0 atom stereocenters. The maximum Gasteiger partial charge on any atom is 0.264 e. The number of rotatable bonds is 2. The van der Waals surface area contributed by atoms with Crippen LogP contribution in [0.25, 0.3) is 15.7 Å². The fourth-order valence-electron chi connectivity index (χ4n) is 3.73. The lowest BCUT2D eigenvalue weighted by Gasteiger charge is -2.35.